The van der Waals surface area contributed by atoms with Crippen molar-refractivity contribution in [3.8, 4) is 0 Å². The summed E-state index contributed by atoms with van der Waals surface area (Å²) in [4.78, 5) is 2.23. The lowest BCUT2D eigenvalue weighted by molar-refractivity contribution is -0.0473. The Morgan fingerprint density at radius 3 is 2.89 bits per heavy atom. The van der Waals surface area contributed by atoms with Crippen LogP contribution in [0.3, 0.4) is 0 Å². The summed E-state index contributed by atoms with van der Waals surface area (Å²) >= 11 is 3.57. The molecule has 2 unspecified atom stereocenters. The molecule has 0 aromatic heterocycles. The number of nitrogens with one attached hydrogen (secondary N) is 1. The highest BCUT2D eigenvalue weighted by Gasteiger charge is 2.36. The average molecular weight is 313 g/mol. The van der Waals surface area contributed by atoms with Crippen LogP contribution in [0.1, 0.15) is 18.9 Å². The minimum absolute atomic E-state index is 0.151. The molecule has 0 spiro atoms. The molecule has 0 radical (unpaired) electrons. The Labute approximate surface area is 117 Å². The standard InChI is InChI=1S/C14H21BrN2O/c1-14(18)7-8-16-9-13(14)17(2)10-11-5-3-4-6-12(11)15/h3-6,13,16,18H,7-10H2,1-2H3. The molecule has 18 heavy (non-hydrogen) atoms. The SMILES string of the molecule is CN(Cc1ccccc1Br)C1CNCCC1(C)O. The maximum absolute atomic E-state index is 10.5. The lowest BCUT2D eigenvalue weighted by Gasteiger charge is -2.42. The van der Waals surface area contributed by atoms with Gasteiger partial charge in [-0.1, -0.05) is 34.1 Å². The molecule has 4 heteroatoms. The number of likely N-dealkylation sites (N-methyl/N-ethyl adjacent to an activating group) is 1. The van der Waals surface area contributed by atoms with Crippen molar-refractivity contribution >= 4 is 15.9 Å². The van der Waals surface area contributed by atoms with Crippen LogP contribution in [0, 0.1) is 0 Å². The molecular weight excluding hydrogens is 292 g/mol. The van der Waals surface area contributed by atoms with Gasteiger partial charge < -0.3 is 10.4 Å². The highest BCUT2D eigenvalue weighted by molar-refractivity contribution is 9.10. The third-order valence-corrected chi connectivity index (χ3v) is 4.55. The highest BCUT2D eigenvalue weighted by Crippen LogP contribution is 2.24. The Balaban J connectivity index is 2.07. The summed E-state index contributed by atoms with van der Waals surface area (Å²) < 4.78 is 1.13. The van der Waals surface area contributed by atoms with E-state index < -0.39 is 5.60 Å². The second-order valence-corrected chi connectivity index (χ2v) is 6.19. The number of piperidine rings is 1. The van der Waals surface area contributed by atoms with Crippen molar-refractivity contribution in [2.24, 2.45) is 0 Å². The number of hydrogen-bond acceptors (Lipinski definition) is 3. The largest absolute Gasteiger partial charge is 0.388 e. The molecule has 1 fully saturated rings. The fraction of sp³-hybridized carbons (Fsp3) is 0.571. The molecule has 1 saturated heterocycles. The van der Waals surface area contributed by atoms with Gasteiger partial charge in [-0.3, -0.25) is 4.90 Å². The zero-order valence-corrected chi connectivity index (χ0v) is 12.6. The monoisotopic (exact) mass is 312 g/mol. The molecule has 1 aromatic rings. The molecule has 0 amide bonds. The molecule has 1 aliphatic rings. The number of nitrogens with zero attached hydrogens (tertiary/aromatic N) is 1. The normalized spacial score (nSPS) is 28.6. The van der Waals surface area contributed by atoms with Gasteiger partial charge in [0, 0.05) is 17.6 Å². The summed E-state index contributed by atoms with van der Waals surface area (Å²) in [5.74, 6) is 0. The fourth-order valence-corrected chi connectivity index (χ4v) is 3.01. The number of aliphatic hydroxyl groups is 1. The Morgan fingerprint density at radius 1 is 1.50 bits per heavy atom. The van der Waals surface area contributed by atoms with E-state index in [1.54, 1.807) is 0 Å². The van der Waals surface area contributed by atoms with Crippen molar-refractivity contribution in [1.29, 1.82) is 0 Å². The van der Waals surface area contributed by atoms with Crippen molar-refractivity contribution in [1.82, 2.24) is 10.2 Å². The van der Waals surface area contributed by atoms with Crippen LogP contribution in [0.25, 0.3) is 0 Å². The first kappa shape index (κ1) is 14.0. The van der Waals surface area contributed by atoms with E-state index in [2.05, 4.69) is 45.3 Å². The summed E-state index contributed by atoms with van der Waals surface area (Å²) in [6.07, 6.45) is 0.804. The smallest absolute Gasteiger partial charge is 0.0798 e. The van der Waals surface area contributed by atoms with Crippen molar-refractivity contribution in [3.63, 3.8) is 0 Å². The molecule has 2 N–H and O–H groups in total. The number of benzene rings is 1. The Kier molecular flexibility index (Phi) is 4.43. The molecular formula is C14H21BrN2O. The molecule has 100 valence electrons. The molecule has 2 atom stereocenters. The zero-order chi connectivity index (χ0) is 13.2. The lowest BCUT2D eigenvalue weighted by atomic mass is 9.88. The van der Waals surface area contributed by atoms with Crippen molar-refractivity contribution in [3.05, 3.63) is 34.3 Å². The second kappa shape index (κ2) is 5.70. The maximum atomic E-state index is 10.5. The Hall–Kier alpha value is -0.420. The van der Waals surface area contributed by atoms with E-state index in [1.807, 2.05) is 19.1 Å². The minimum atomic E-state index is -0.610. The first-order chi connectivity index (χ1) is 8.50. The molecule has 1 aliphatic heterocycles. The van der Waals surface area contributed by atoms with Crippen LogP contribution in [0.5, 0.6) is 0 Å². The van der Waals surface area contributed by atoms with E-state index in [-0.39, 0.29) is 6.04 Å². The van der Waals surface area contributed by atoms with E-state index in [9.17, 15) is 5.11 Å². The molecule has 2 rings (SSSR count). The quantitative estimate of drug-likeness (QED) is 0.896. The lowest BCUT2D eigenvalue weighted by Crippen LogP contribution is -2.59. The van der Waals surface area contributed by atoms with Crippen molar-refractivity contribution in [2.45, 2.75) is 31.5 Å². The van der Waals surface area contributed by atoms with E-state index >= 15 is 0 Å². The highest BCUT2D eigenvalue weighted by atomic mass is 79.9. The topological polar surface area (TPSA) is 35.5 Å². The summed E-state index contributed by atoms with van der Waals surface area (Å²) in [5, 5.41) is 13.8. The van der Waals surface area contributed by atoms with Gasteiger partial charge in [-0.15, -0.1) is 0 Å². The van der Waals surface area contributed by atoms with E-state index in [4.69, 9.17) is 0 Å². The first-order valence-corrected chi connectivity index (χ1v) is 7.17. The fourth-order valence-electron chi connectivity index (χ4n) is 2.60. The molecule has 1 aromatic carbocycles. The predicted molar refractivity (Wildman–Crippen MR) is 77.5 cm³/mol. The summed E-state index contributed by atoms with van der Waals surface area (Å²) in [6.45, 7) is 4.51. The van der Waals surface area contributed by atoms with Gasteiger partial charge in [-0.05, 0) is 38.6 Å². The Bertz CT molecular complexity index is 409. The van der Waals surface area contributed by atoms with E-state index in [1.165, 1.54) is 5.56 Å². The van der Waals surface area contributed by atoms with Crippen LogP contribution in [0.4, 0.5) is 0 Å². The van der Waals surface area contributed by atoms with Gasteiger partial charge in [-0.25, -0.2) is 0 Å². The van der Waals surface area contributed by atoms with Crippen LogP contribution in [-0.2, 0) is 6.54 Å². The average Bonchev–Trinajstić information content (AvgIpc) is 2.31. The van der Waals surface area contributed by atoms with Crippen molar-refractivity contribution in [2.75, 3.05) is 20.1 Å². The van der Waals surface area contributed by atoms with Crippen LogP contribution >= 0.6 is 15.9 Å². The summed E-state index contributed by atoms with van der Waals surface area (Å²) in [6, 6.07) is 8.39. The maximum Gasteiger partial charge on any atom is 0.0798 e. The zero-order valence-electron chi connectivity index (χ0n) is 11.0. The van der Waals surface area contributed by atoms with Crippen LogP contribution in [0.2, 0.25) is 0 Å². The van der Waals surface area contributed by atoms with Crippen LogP contribution in [-0.4, -0.2) is 41.8 Å². The number of halogens is 1. The molecule has 3 nitrogen and oxygen atoms in total. The van der Waals surface area contributed by atoms with Crippen LogP contribution < -0.4 is 5.32 Å². The predicted octanol–water partition coefficient (Wildman–Crippen LogP) is 1.99. The third kappa shape index (κ3) is 3.12. The number of rotatable bonds is 3. The third-order valence-electron chi connectivity index (χ3n) is 3.77. The molecule has 0 saturated carbocycles. The van der Waals surface area contributed by atoms with Gasteiger partial charge in [0.1, 0.15) is 0 Å². The van der Waals surface area contributed by atoms with E-state index in [0.29, 0.717) is 0 Å². The summed E-state index contributed by atoms with van der Waals surface area (Å²) in [7, 11) is 2.07. The molecule has 0 aliphatic carbocycles. The van der Waals surface area contributed by atoms with E-state index in [0.717, 1.165) is 30.5 Å². The van der Waals surface area contributed by atoms with Gasteiger partial charge >= 0.3 is 0 Å². The Morgan fingerprint density at radius 2 is 2.22 bits per heavy atom. The van der Waals surface area contributed by atoms with Gasteiger partial charge in [-0.2, -0.15) is 0 Å². The van der Waals surface area contributed by atoms with Gasteiger partial charge in [0.05, 0.1) is 11.6 Å². The first-order valence-electron chi connectivity index (χ1n) is 6.37. The second-order valence-electron chi connectivity index (χ2n) is 5.33. The van der Waals surface area contributed by atoms with Gasteiger partial charge in [0.2, 0.25) is 0 Å². The summed E-state index contributed by atoms with van der Waals surface area (Å²) in [5.41, 5.74) is 0.641. The molecule has 1 heterocycles. The van der Waals surface area contributed by atoms with Gasteiger partial charge in [0.25, 0.3) is 0 Å². The minimum Gasteiger partial charge on any atom is -0.388 e. The molecule has 0 bridgehead atoms. The van der Waals surface area contributed by atoms with Crippen LogP contribution in [0.15, 0.2) is 28.7 Å². The van der Waals surface area contributed by atoms with Gasteiger partial charge in [0.15, 0.2) is 0 Å². The van der Waals surface area contributed by atoms with Crippen molar-refractivity contribution < 1.29 is 5.11 Å². The number of hydrogen-bond donors (Lipinski definition) is 2.